The summed E-state index contributed by atoms with van der Waals surface area (Å²) in [7, 11) is -2.59. The van der Waals surface area contributed by atoms with Crippen LogP contribution in [0.2, 0.25) is 10.6 Å². The molecule has 3 nitrogen and oxygen atoms in total. The van der Waals surface area contributed by atoms with E-state index in [0.717, 1.165) is 30.4 Å². The Morgan fingerprint density at radius 2 is 1.60 bits per heavy atom. The lowest BCUT2D eigenvalue weighted by atomic mass is 9.62. The lowest BCUT2D eigenvalue weighted by molar-refractivity contribution is -0.118. The fourth-order valence-electron chi connectivity index (χ4n) is 9.90. The molecule has 0 amide bonds. The summed E-state index contributed by atoms with van der Waals surface area (Å²) in [5, 5.41) is 13.3. The van der Waals surface area contributed by atoms with Gasteiger partial charge in [-0.1, -0.05) is 149 Å². The number of Topliss-reactive ketones (excluding diaryl/α,β-unsaturated/α-hetero) is 1. The van der Waals surface area contributed by atoms with Crippen LogP contribution in [0.25, 0.3) is 0 Å². The summed E-state index contributed by atoms with van der Waals surface area (Å²) in [5.41, 5.74) is 4.29. The largest absolute Gasteiger partial charge is 0.388 e. The van der Waals surface area contributed by atoms with Crippen molar-refractivity contribution < 1.29 is 14.6 Å². The summed E-state index contributed by atoms with van der Waals surface area (Å²) in [6.45, 7) is 23.6. The monoisotopic (exact) mass is 664 g/mol. The molecule has 0 heterocycles. The van der Waals surface area contributed by atoms with Crippen molar-refractivity contribution in [3.8, 4) is 0 Å². The minimum atomic E-state index is -2.59. The minimum absolute atomic E-state index is 0.0629. The lowest BCUT2D eigenvalue weighted by Gasteiger charge is -2.50. The average Bonchev–Trinajstić information content (AvgIpc) is 3.43. The molecule has 3 aliphatic rings. The number of aliphatic hydroxyl groups is 1. The maximum atomic E-state index is 14.5. The molecule has 0 saturated heterocycles. The Bertz CT molecular complexity index is 1480. The van der Waals surface area contributed by atoms with E-state index in [1.54, 1.807) is 0 Å². The second kappa shape index (κ2) is 14.6. The molecule has 0 bridgehead atoms. The number of carbonyl (C=O) groups excluding carboxylic acids is 1. The molecular formula is C44H60O3Si. The van der Waals surface area contributed by atoms with Gasteiger partial charge >= 0.3 is 0 Å². The summed E-state index contributed by atoms with van der Waals surface area (Å²) < 4.78 is 6.05. The highest BCUT2D eigenvalue weighted by atomic mass is 28.3. The third-order valence-electron chi connectivity index (χ3n) is 12.8. The van der Waals surface area contributed by atoms with E-state index in [0.29, 0.717) is 50.1 Å². The van der Waals surface area contributed by atoms with Crippen LogP contribution < -0.4 is 10.4 Å². The van der Waals surface area contributed by atoms with Gasteiger partial charge in [-0.3, -0.25) is 4.79 Å². The number of ether oxygens (including phenoxy) is 1. The maximum Gasteiger partial charge on any atom is 0.138 e. The zero-order chi connectivity index (χ0) is 34.7. The highest BCUT2D eigenvalue weighted by Crippen LogP contribution is 2.59. The molecule has 3 fully saturated rings. The van der Waals surface area contributed by atoms with Gasteiger partial charge in [-0.2, -0.15) is 0 Å². The van der Waals surface area contributed by atoms with Crippen molar-refractivity contribution in [1.82, 2.24) is 0 Å². The minimum Gasteiger partial charge on any atom is -0.388 e. The van der Waals surface area contributed by atoms with E-state index in [4.69, 9.17) is 4.74 Å². The van der Waals surface area contributed by atoms with Crippen LogP contribution in [-0.4, -0.2) is 37.8 Å². The first-order chi connectivity index (χ1) is 22.8. The van der Waals surface area contributed by atoms with Crippen molar-refractivity contribution in [2.75, 3.05) is 13.2 Å². The van der Waals surface area contributed by atoms with Crippen molar-refractivity contribution in [2.24, 2.45) is 17.3 Å². The highest BCUT2D eigenvalue weighted by molar-refractivity contribution is 7.07. The molecule has 0 spiro atoms. The van der Waals surface area contributed by atoms with Gasteiger partial charge in [-0.25, -0.2) is 0 Å². The van der Waals surface area contributed by atoms with Gasteiger partial charge in [0.2, 0.25) is 0 Å². The standard InChI is InChI=1S/C44H60O3Si/c1-9-44(46,10-2)31-47-30-33(4)38-25-26-39-34(18-17-27-43(38,39)8)23-24-35-29-40(45)41(28-32(35)3)48(42(5,6)7,36-19-13-11-14-20-36)37-21-15-12-16-22-37/h11-16,19-24,38-39,41,46H,3-4,9-10,17-18,25-31H2,1-2,5-8H3/t38-,39+,41?,43-/m1/s1. The summed E-state index contributed by atoms with van der Waals surface area (Å²) in [4.78, 5) is 14.5. The normalized spacial score (nSPS) is 27.0. The van der Waals surface area contributed by atoms with Gasteiger partial charge < -0.3 is 9.84 Å². The number of ketones is 1. The van der Waals surface area contributed by atoms with Crippen LogP contribution in [-0.2, 0) is 9.53 Å². The molecule has 2 aromatic carbocycles. The van der Waals surface area contributed by atoms with E-state index in [1.165, 1.54) is 40.8 Å². The first kappa shape index (κ1) is 36.5. The molecule has 3 saturated carbocycles. The molecule has 1 N–H and O–H groups in total. The number of hydrogen-bond donors (Lipinski definition) is 1. The van der Waals surface area contributed by atoms with Gasteiger partial charge in [0.25, 0.3) is 0 Å². The van der Waals surface area contributed by atoms with Gasteiger partial charge in [-0.15, -0.1) is 0 Å². The zero-order valence-corrected chi connectivity index (χ0v) is 31.6. The van der Waals surface area contributed by atoms with Crippen molar-refractivity contribution in [3.63, 3.8) is 0 Å². The Balaban J connectivity index is 1.37. The molecular weight excluding hydrogens is 605 g/mol. The molecule has 48 heavy (non-hydrogen) atoms. The Morgan fingerprint density at radius 1 is 1.00 bits per heavy atom. The topological polar surface area (TPSA) is 46.5 Å². The van der Waals surface area contributed by atoms with Crippen molar-refractivity contribution >= 4 is 24.2 Å². The zero-order valence-electron chi connectivity index (χ0n) is 30.6. The second-order valence-corrected chi connectivity index (χ2v) is 21.3. The molecule has 4 atom stereocenters. The Hall–Kier alpha value is -2.79. The van der Waals surface area contributed by atoms with Crippen LogP contribution in [0.5, 0.6) is 0 Å². The molecule has 1 unspecified atom stereocenters. The van der Waals surface area contributed by atoms with E-state index in [9.17, 15) is 9.90 Å². The van der Waals surface area contributed by atoms with Gasteiger partial charge in [0.15, 0.2) is 0 Å². The van der Waals surface area contributed by atoms with E-state index < -0.39 is 13.7 Å². The molecule has 3 aliphatic carbocycles. The quantitative estimate of drug-likeness (QED) is 0.192. The fraction of sp³-hybridized carbons (Fsp3) is 0.523. The van der Waals surface area contributed by atoms with Gasteiger partial charge in [0, 0.05) is 12.0 Å². The third kappa shape index (κ3) is 6.82. The first-order valence-electron chi connectivity index (χ1n) is 18.5. The van der Waals surface area contributed by atoms with Crippen LogP contribution in [0, 0.1) is 17.3 Å². The highest BCUT2D eigenvalue weighted by Gasteiger charge is 2.56. The van der Waals surface area contributed by atoms with Crippen LogP contribution in [0.1, 0.15) is 99.3 Å². The summed E-state index contributed by atoms with van der Waals surface area (Å²) in [6.07, 6.45) is 13.0. The number of allylic oxidation sites excluding steroid dienone is 5. The van der Waals surface area contributed by atoms with Crippen LogP contribution in [0.3, 0.4) is 0 Å². The molecule has 0 aliphatic heterocycles. The maximum absolute atomic E-state index is 14.5. The van der Waals surface area contributed by atoms with Crippen LogP contribution >= 0.6 is 0 Å². The molecule has 2 aromatic rings. The third-order valence-corrected chi connectivity index (χ3v) is 19.2. The van der Waals surface area contributed by atoms with Crippen molar-refractivity contribution in [3.05, 3.63) is 108 Å². The molecule has 0 radical (unpaired) electrons. The Labute approximate surface area is 292 Å². The van der Waals surface area contributed by atoms with Crippen molar-refractivity contribution in [2.45, 2.75) is 116 Å². The van der Waals surface area contributed by atoms with Crippen LogP contribution in [0.4, 0.5) is 0 Å². The van der Waals surface area contributed by atoms with Crippen molar-refractivity contribution in [1.29, 1.82) is 0 Å². The number of hydrogen-bond acceptors (Lipinski definition) is 3. The molecule has 4 heteroatoms. The summed E-state index contributed by atoms with van der Waals surface area (Å²) in [5.74, 6) is 1.31. The van der Waals surface area contributed by atoms with E-state index in [1.807, 2.05) is 13.8 Å². The Morgan fingerprint density at radius 3 is 2.17 bits per heavy atom. The SMILES string of the molecule is C=C1CC([Si](c2ccccc2)(c2ccccc2)C(C)(C)C)C(=O)CC1=CC=C1CCC[C@]2(C)[C@@H](C(=C)COCC(O)(CC)CC)CC[C@@H]12. The van der Waals surface area contributed by atoms with E-state index >= 15 is 0 Å². The number of rotatable bonds is 11. The predicted molar refractivity (Wildman–Crippen MR) is 205 cm³/mol. The lowest BCUT2D eigenvalue weighted by Crippen LogP contribution is -2.68. The first-order valence-corrected chi connectivity index (χ1v) is 20.6. The number of benzene rings is 2. The van der Waals surface area contributed by atoms with E-state index in [-0.39, 0.29) is 16.0 Å². The van der Waals surface area contributed by atoms with Gasteiger partial charge in [0.05, 0.1) is 18.8 Å². The predicted octanol–water partition coefficient (Wildman–Crippen LogP) is 9.53. The van der Waals surface area contributed by atoms with Gasteiger partial charge in [0.1, 0.15) is 13.9 Å². The second-order valence-electron chi connectivity index (χ2n) is 16.4. The molecule has 0 aromatic heterocycles. The molecule has 258 valence electrons. The number of carbonyl (C=O) groups is 1. The van der Waals surface area contributed by atoms with E-state index in [2.05, 4.69) is 114 Å². The van der Waals surface area contributed by atoms with Gasteiger partial charge in [-0.05, 0) is 84.8 Å². The molecule has 5 rings (SSSR count). The Kier molecular flexibility index (Phi) is 11.1. The number of fused-ring (bicyclic) bond motifs is 1. The van der Waals surface area contributed by atoms with Crippen LogP contribution in [0.15, 0.2) is 108 Å². The summed E-state index contributed by atoms with van der Waals surface area (Å²) >= 11 is 0. The average molecular weight is 665 g/mol. The fourth-order valence-corrected chi connectivity index (χ4v) is 16.4. The summed E-state index contributed by atoms with van der Waals surface area (Å²) in [6, 6.07) is 21.8. The smallest absolute Gasteiger partial charge is 0.138 e.